The molecule has 0 spiro atoms. The number of nitrogens with one attached hydrogen (secondary N) is 1. The van der Waals surface area contributed by atoms with Crippen LogP contribution in [0.4, 0.5) is 10.5 Å². The fourth-order valence-electron chi connectivity index (χ4n) is 3.68. The Hall–Kier alpha value is -2.08. The van der Waals surface area contributed by atoms with E-state index in [-0.39, 0.29) is 11.9 Å². The van der Waals surface area contributed by atoms with Crippen LogP contribution in [0.3, 0.4) is 0 Å². The molecule has 3 amide bonds. The van der Waals surface area contributed by atoms with Gasteiger partial charge in [0.2, 0.25) is 5.91 Å². The van der Waals surface area contributed by atoms with Crippen LogP contribution >= 0.6 is 0 Å². The second-order valence-electron chi connectivity index (χ2n) is 7.21. The molecule has 2 aliphatic heterocycles. The minimum absolute atomic E-state index is 0.0852. The Balaban J connectivity index is 1.47. The van der Waals surface area contributed by atoms with Crippen LogP contribution in [0.15, 0.2) is 30.3 Å². The first-order valence-corrected chi connectivity index (χ1v) is 9.83. The molecule has 0 aliphatic carbocycles. The highest BCUT2D eigenvalue weighted by Gasteiger charge is 2.23. The maximum atomic E-state index is 12.7. The number of hydrogen-bond donors (Lipinski definition) is 1. The van der Waals surface area contributed by atoms with Gasteiger partial charge in [0.25, 0.3) is 0 Å². The highest BCUT2D eigenvalue weighted by Crippen LogP contribution is 2.12. The number of urea groups is 1. The summed E-state index contributed by atoms with van der Waals surface area (Å²) in [5, 5.41) is 2.93. The van der Waals surface area contributed by atoms with E-state index in [4.69, 9.17) is 0 Å². The first kappa shape index (κ1) is 18.7. The SMILES string of the molecule is O=C(CN1CCCCCC1)N1CCCN(C(=O)Nc2ccccc2)CC1. The number of nitrogens with zero attached hydrogens (tertiary/aromatic N) is 3. The third-order valence-electron chi connectivity index (χ3n) is 5.22. The summed E-state index contributed by atoms with van der Waals surface area (Å²) < 4.78 is 0. The van der Waals surface area contributed by atoms with Gasteiger partial charge in [-0.25, -0.2) is 4.79 Å². The van der Waals surface area contributed by atoms with Crippen molar-refractivity contribution in [3.05, 3.63) is 30.3 Å². The summed E-state index contributed by atoms with van der Waals surface area (Å²) in [5.74, 6) is 0.206. The number of rotatable bonds is 3. The molecule has 1 aromatic rings. The first-order chi connectivity index (χ1) is 12.7. The Kier molecular flexibility index (Phi) is 6.89. The Morgan fingerprint density at radius 1 is 0.769 bits per heavy atom. The van der Waals surface area contributed by atoms with E-state index in [1.165, 1.54) is 25.7 Å². The summed E-state index contributed by atoms with van der Waals surface area (Å²) in [4.78, 5) is 31.2. The Morgan fingerprint density at radius 2 is 1.42 bits per heavy atom. The predicted molar refractivity (Wildman–Crippen MR) is 103 cm³/mol. The minimum atomic E-state index is -0.0852. The fraction of sp³-hybridized carbons (Fsp3) is 0.600. The zero-order valence-electron chi connectivity index (χ0n) is 15.5. The molecule has 0 radical (unpaired) electrons. The minimum Gasteiger partial charge on any atom is -0.340 e. The van der Waals surface area contributed by atoms with E-state index in [1.54, 1.807) is 0 Å². The molecule has 3 rings (SSSR count). The Bertz CT molecular complexity index is 585. The van der Waals surface area contributed by atoms with Gasteiger partial charge in [-0.05, 0) is 44.5 Å². The summed E-state index contributed by atoms with van der Waals surface area (Å²) in [6.45, 7) is 5.22. The van der Waals surface area contributed by atoms with Crippen LogP contribution in [-0.4, -0.2) is 72.5 Å². The van der Waals surface area contributed by atoms with Gasteiger partial charge in [-0.1, -0.05) is 31.0 Å². The van der Waals surface area contributed by atoms with Gasteiger partial charge in [0, 0.05) is 31.9 Å². The van der Waals surface area contributed by atoms with E-state index in [2.05, 4.69) is 10.2 Å². The molecule has 0 atom stereocenters. The normalized spacial score (nSPS) is 19.5. The van der Waals surface area contributed by atoms with Crippen molar-refractivity contribution >= 4 is 17.6 Å². The number of anilines is 1. The molecule has 0 unspecified atom stereocenters. The van der Waals surface area contributed by atoms with Crippen molar-refractivity contribution in [3.63, 3.8) is 0 Å². The summed E-state index contributed by atoms with van der Waals surface area (Å²) in [6, 6.07) is 9.41. The van der Waals surface area contributed by atoms with Crippen molar-refractivity contribution in [1.82, 2.24) is 14.7 Å². The number of benzene rings is 1. The van der Waals surface area contributed by atoms with Crippen molar-refractivity contribution in [2.75, 3.05) is 51.1 Å². The molecular weight excluding hydrogens is 328 g/mol. The second-order valence-corrected chi connectivity index (χ2v) is 7.21. The van der Waals surface area contributed by atoms with Crippen LogP contribution in [0.2, 0.25) is 0 Å². The number of carbonyl (C=O) groups is 2. The van der Waals surface area contributed by atoms with E-state index in [0.717, 1.165) is 31.7 Å². The lowest BCUT2D eigenvalue weighted by Crippen LogP contribution is -2.43. The van der Waals surface area contributed by atoms with Crippen molar-refractivity contribution < 1.29 is 9.59 Å². The van der Waals surface area contributed by atoms with Gasteiger partial charge in [-0.2, -0.15) is 0 Å². The van der Waals surface area contributed by atoms with Crippen molar-refractivity contribution in [2.24, 2.45) is 0 Å². The zero-order chi connectivity index (χ0) is 18.2. The van der Waals surface area contributed by atoms with Crippen LogP contribution in [-0.2, 0) is 4.79 Å². The van der Waals surface area contributed by atoms with Gasteiger partial charge in [-0.15, -0.1) is 0 Å². The molecule has 1 aromatic carbocycles. The third kappa shape index (κ3) is 5.46. The van der Waals surface area contributed by atoms with Crippen LogP contribution in [0, 0.1) is 0 Å². The summed E-state index contributed by atoms with van der Waals surface area (Å²) >= 11 is 0. The maximum absolute atomic E-state index is 12.7. The Labute approximate surface area is 156 Å². The van der Waals surface area contributed by atoms with E-state index < -0.39 is 0 Å². The lowest BCUT2D eigenvalue weighted by atomic mass is 10.2. The van der Waals surface area contributed by atoms with E-state index in [0.29, 0.717) is 26.2 Å². The standard InChI is InChI=1S/C20H30N4O2/c25-19(17-22-11-6-1-2-7-12-22)23-13-8-14-24(16-15-23)20(26)21-18-9-4-3-5-10-18/h3-5,9-10H,1-2,6-8,11-17H2,(H,21,26). The highest BCUT2D eigenvalue weighted by molar-refractivity contribution is 5.89. The number of amides is 3. The number of para-hydroxylation sites is 1. The van der Waals surface area contributed by atoms with Crippen LogP contribution in [0.25, 0.3) is 0 Å². The van der Waals surface area contributed by atoms with Crippen LogP contribution in [0.5, 0.6) is 0 Å². The molecule has 2 heterocycles. The lowest BCUT2D eigenvalue weighted by Gasteiger charge is -2.26. The number of likely N-dealkylation sites (tertiary alicyclic amines) is 1. The lowest BCUT2D eigenvalue weighted by molar-refractivity contribution is -0.132. The van der Waals surface area contributed by atoms with Gasteiger partial charge in [-0.3, -0.25) is 9.69 Å². The molecule has 6 heteroatoms. The molecule has 2 aliphatic rings. The van der Waals surface area contributed by atoms with E-state index >= 15 is 0 Å². The largest absolute Gasteiger partial charge is 0.340 e. The van der Waals surface area contributed by atoms with Crippen molar-refractivity contribution in [3.8, 4) is 0 Å². The zero-order valence-corrected chi connectivity index (χ0v) is 15.5. The van der Waals surface area contributed by atoms with Crippen molar-refractivity contribution in [1.29, 1.82) is 0 Å². The predicted octanol–water partition coefficient (Wildman–Crippen LogP) is 2.63. The monoisotopic (exact) mass is 358 g/mol. The van der Waals surface area contributed by atoms with Gasteiger partial charge in [0.15, 0.2) is 0 Å². The van der Waals surface area contributed by atoms with Gasteiger partial charge in [0.1, 0.15) is 0 Å². The molecule has 142 valence electrons. The highest BCUT2D eigenvalue weighted by atomic mass is 16.2. The van der Waals surface area contributed by atoms with Crippen LogP contribution < -0.4 is 5.32 Å². The van der Waals surface area contributed by atoms with Gasteiger partial charge >= 0.3 is 6.03 Å². The van der Waals surface area contributed by atoms with Crippen molar-refractivity contribution in [2.45, 2.75) is 32.1 Å². The average Bonchev–Trinajstić information content (AvgIpc) is 3.05. The summed E-state index contributed by atoms with van der Waals surface area (Å²) in [6.07, 6.45) is 5.77. The maximum Gasteiger partial charge on any atom is 0.321 e. The molecule has 0 aromatic heterocycles. The fourth-order valence-corrected chi connectivity index (χ4v) is 3.68. The topological polar surface area (TPSA) is 55.9 Å². The molecule has 2 saturated heterocycles. The smallest absolute Gasteiger partial charge is 0.321 e. The Morgan fingerprint density at radius 3 is 2.15 bits per heavy atom. The summed E-state index contributed by atoms with van der Waals surface area (Å²) in [5.41, 5.74) is 0.802. The summed E-state index contributed by atoms with van der Waals surface area (Å²) in [7, 11) is 0. The van der Waals surface area contributed by atoms with E-state index in [9.17, 15) is 9.59 Å². The molecule has 6 nitrogen and oxygen atoms in total. The number of carbonyl (C=O) groups excluding carboxylic acids is 2. The molecule has 0 bridgehead atoms. The average molecular weight is 358 g/mol. The molecular formula is C20H30N4O2. The molecule has 1 N–H and O–H groups in total. The first-order valence-electron chi connectivity index (χ1n) is 9.83. The molecule has 0 saturated carbocycles. The van der Waals surface area contributed by atoms with Crippen LogP contribution in [0.1, 0.15) is 32.1 Å². The van der Waals surface area contributed by atoms with E-state index in [1.807, 2.05) is 40.1 Å². The third-order valence-corrected chi connectivity index (χ3v) is 5.22. The molecule has 26 heavy (non-hydrogen) atoms. The van der Waals surface area contributed by atoms with Gasteiger partial charge < -0.3 is 15.1 Å². The van der Waals surface area contributed by atoms with Gasteiger partial charge in [0.05, 0.1) is 6.54 Å². The molecule has 2 fully saturated rings. The second kappa shape index (κ2) is 9.57. The number of hydrogen-bond acceptors (Lipinski definition) is 3. The quantitative estimate of drug-likeness (QED) is 0.904.